The van der Waals surface area contributed by atoms with Crippen LogP contribution in [-0.2, 0) is 20.0 Å². The van der Waals surface area contributed by atoms with E-state index < -0.39 is 26.0 Å². The minimum absolute atomic E-state index is 0.0227. The largest absolute Gasteiger partial charge is 0.322 e. The highest BCUT2D eigenvalue weighted by molar-refractivity contribution is 7.93. The van der Waals surface area contributed by atoms with Crippen molar-refractivity contribution in [2.45, 2.75) is 16.7 Å². The molecule has 0 unspecified atom stereocenters. The summed E-state index contributed by atoms with van der Waals surface area (Å²) in [5.74, 6) is -0.438. The summed E-state index contributed by atoms with van der Waals surface area (Å²) in [5.41, 5.74) is 2.27. The van der Waals surface area contributed by atoms with Crippen molar-refractivity contribution in [2.24, 2.45) is 0 Å². The Kier molecular flexibility index (Phi) is 7.04. The van der Waals surface area contributed by atoms with E-state index in [0.29, 0.717) is 22.6 Å². The summed E-state index contributed by atoms with van der Waals surface area (Å²) in [7, 11) is -7.57. The zero-order chi connectivity index (χ0) is 25.8. The van der Waals surface area contributed by atoms with Gasteiger partial charge in [-0.15, -0.1) is 0 Å². The minimum Gasteiger partial charge on any atom is -0.322 e. The molecule has 184 valence electrons. The van der Waals surface area contributed by atoms with Crippen molar-refractivity contribution in [3.05, 3.63) is 108 Å². The van der Waals surface area contributed by atoms with E-state index in [1.807, 2.05) is 6.92 Å². The van der Waals surface area contributed by atoms with Gasteiger partial charge in [0.15, 0.2) is 0 Å². The molecular weight excluding hydrogens is 500 g/mol. The van der Waals surface area contributed by atoms with Gasteiger partial charge in [-0.25, -0.2) is 16.8 Å². The third-order valence-corrected chi connectivity index (χ3v) is 7.86. The third-order valence-electron chi connectivity index (χ3n) is 5.07. The first kappa shape index (κ1) is 24.9. The number of hydrogen-bond donors (Lipinski definition) is 3. The second-order valence-electron chi connectivity index (χ2n) is 7.82. The van der Waals surface area contributed by atoms with Crippen molar-refractivity contribution in [3.63, 3.8) is 0 Å². The third kappa shape index (κ3) is 6.06. The highest BCUT2D eigenvalue weighted by atomic mass is 32.2. The predicted molar refractivity (Wildman–Crippen MR) is 138 cm³/mol. The summed E-state index contributed by atoms with van der Waals surface area (Å²) in [5, 5.41) is 2.68. The fourth-order valence-electron chi connectivity index (χ4n) is 3.18. The lowest BCUT2D eigenvalue weighted by Gasteiger charge is -2.10. The number of aromatic nitrogens is 1. The van der Waals surface area contributed by atoms with Crippen LogP contribution in [0.3, 0.4) is 0 Å². The Bertz CT molecular complexity index is 1570. The van der Waals surface area contributed by atoms with E-state index >= 15 is 0 Å². The van der Waals surface area contributed by atoms with Crippen LogP contribution in [0.2, 0.25) is 0 Å². The molecule has 0 bridgehead atoms. The fraction of sp³-hybridized carbons (Fsp3) is 0.0400. The highest BCUT2D eigenvalue weighted by Gasteiger charge is 2.16. The number of benzene rings is 3. The van der Waals surface area contributed by atoms with E-state index in [9.17, 15) is 21.6 Å². The molecule has 36 heavy (non-hydrogen) atoms. The molecule has 4 rings (SSSR count). The second-order valence-corrected chi connectivity index (χ2v) is 11.2. The first-order chi connectivity index (χ1) is 17.1. The monoisotopic (exact) mass is 522 g/mol. The molecule has 0 saturated carbocycles. The maximum absolute atomic E-state index is 12.6. The molecule has 3 aromatic carbocycles. The van der Waals surface area contributed by atoms with Crippen molar-refractivity contribution in [3.8, 4) is 0 Å². The second kappa shape index (κ2) is 10.2. The van der Waals surface area contributed by atoms with Crippen molar-refractivity contribution in [1.82, 2.24) is 4.98 Å². The smallest absolute Gasteiger partial charge is 0.261 e. The van der Waals surface area contributed by atoms with Gasteiger partial charge in [0.1, 0.15) is 0 Å². The Morgan fingerprint density at radius 1 is 0.667 bits per heavy atom. The quantitative estimate of drug-likeness (QED) is 0.317. The molecule has 0 aliphatic carbocycles. The molecule has 1 aromatic heterocycles. The number of carbonyl (C=O) groups excluding carboxylic acids is 1. The number of aryl methyl sites for hydroxylation is 1. The Labute approximate surface area is 209 Å². The van der Waals surface area contributed by atoms with Crippen molar-refractivity contribution >= 4 is 43.0 Å². The number of rotatable bonds is 8. The average molecular weight is 523 g/mol. The highest BCUT2D eigenvalue weighted by Crippen LogP contribution is 2.20. The maximum Gasteiger partial charge on any atom is 0.261 e. The summed E-state index contributed by atoms with van der Waals surface area (Å²) >= 11 is 0. The van der Waals surface area contributed by atoms with E-state index in [2.05, 4.69) is 19.7 Å². The van der Waals surface area contributed by atoms with Crippen LogP contribution in [0, 0.1) is 6.92 Å². The van der Waals surface area contributed by atoms with Crippen molar-refractivity contribution in [1.29, 1.82) is 0 Å². The first-order valence-corrected chi connectivity index (χ1v) is 13.6. The van der Waals surface area contributed by atoms with Gasteiger partial charge < -0.3 is 5.32 Å². The van der Waals surface area contributed by atoms with Crippen LogP contribution >= 0.6 is 0 Å². The predicted octanol–water partition coefficient (Wildman–Crippen LogP) is 4.24. The number of pyridine rings is 1. The fourth-order valence-corrected chi connectivity index (χ4v) is 5.28. The molecule has 1 heterocycles. The number of anilines is 3. The molecule has 9 nitrogen and oxygen atoms in total. The van der Waals surface area contributed by atoms with Crippen molar-refractivity contribution < 1.29 is 21.6 Å². The van der Waals surface area contributed by atoms with Gasteiger partial charge >= 0.3 is 0 Å². The van der Waals surface area contributed by atoms with Gasteiger partial charge in [-0.1, -0.05) is 17.7 Å². The normalized spacial score (nSPS) is 11.5. The first-order valence-electron chi connectivity index (χ1n) is 10.7. The standard InChI is InChI=1S/C25H22N4O5S2/c1-18-4-12-23(13-5-18)35(31,32)28-21-8-6-19(7-9-21)25(30)27-20-10-14-24(15-11-20)36(33,34)29-22-3-2-16-26-17-22/h2-17,28-29H,1H3,(H,27,30). The Balaban J connectivity index is 1.39. The zero-order valence-corrected chi connectivity index (χ0v) is 20.7. The molecule has 0 aliphatic heterocycles. The van der Waals surface area contributed by atoms with E-state index in [1.54, 1.807) is 24.3 Å². The summed E-state index contributed by atoms with van der Waals surface area (Å²) < 4.78 is 55.0. The van der Waals surface area contributed by atoms with Gasteiger partial charge in [-0.05, 0) is 79.7 Å². The summed E-state index contributed by atoms with van der Waals surface area (Å²) in [4.78, 5) is 16.6. The van der Waals surface area contributed by atoms with Gasteiger partial charge in [-0.2, -0.15) is 0 Å². The molecule has 11 heteroatoms. The Morgan fingerprint density at radius 3 is 1.75 bits per heavy atom. The van der Waals surface area contributed by atoms with E-state index in [4.69, 9.17) is 0 Å². The van der Waals surface area contributed by atoms with E-state index in [-0.39, 0.29) is 9.79 Å². The number of amides is 1. The molecule has 0 saturated heterocycles. The van der Waals surface area contributed by atoms with Crippen LogP contribution < -0.4 is 14.8 Å². The Morgan fingerprint density at radius 2 is 1.19 bits per heavy atom. The van der Waals surface area contributed by atoms with E-state index in [0.717, 1.165) is 5.56 Å². The van der Waals surface area contributed by atoms with Crippen LogP contribution in [-0.4, -0.2) is 27.7 Å². The van der Waals surface area contributed by atoms with Crippen LogP contribution in [0.25, 0.3) is 0 Å². The number of carbonyl (C=O) groups is 1. The molecule has 4 aromatic rings. The lowest BCUT2D eigenvalue weighted by Crippen LogP contribution is -2.15. The van der Waals surface area contributed by atoms with E-state index in [1.165, 1.54) is 73.1 Å². The molecule has 3 N–H and O–H groups in total. The summed E-state index contributed by atoms with van der Waals surface area (Å²) in [6, 6.07) is 21.3. The lowest BCUT2D eigenvalue weighted by atomic mass is 10.2. The molecular formula is C25H22N4O5S2. The average Bonchev–Trinajstić information content (AvgIpc) is 2.85. The van der Waals surface area contributed by atoms with Gasteiger partial charge in [0, 0.05) is 23.1 Å². The number of nitrogens with one attached hydrogen (secondary N) is 3. The van der Waals surface area contributed by atoms with Gasteiger partial charge in [0.05, 0.1) is 21.7 Å². The van der Waals surface area contributed by atoms with Crippen LogP contribution in [0.4, 0.5) is 17.1 Å². The van der Waals surface area contributed by atoms with Crippen LogP contribution in [0.15, 0.2) is 107 Å². The Hall–Kier alpha value is -4.22. The topological polar surface area (TPSA) is 134 Å². The van der Waals surface area contributed by atoms with Gasteiger partial charge in [-0.3, -0.25) is 19.2 Å². The maximum atomic E-state index is 12.6. The molecule has 0 fully saturated rings. The zero-order valence-electron chi connectivity index (χ0n) is 19.0. The minimum atomic E-state index is -3.81. The number of hydrogen-bond acceptors (Lipinski definition) is 6. The van der Waals surface area contributed by atoms with Crippen molar-refractivity contribution in [2.75, 3.05) is 14.8 Å². The molecule has 0 radical (unpaired) electrons. The SMILES string of the molecule is Cc1ccc(S(=O)(=O)Nc2ccc(C(=O)Nc3ccc(S(=O)(=O)Nc4cccnc4)cc3)cc2)cc1. The lowest BCUT2D eigenvalue weighted by molar-refractivity contribution is 0.102. The van der Waals surface area contributed by atoms with Gasteiger partial charge in [0.25, 0.3) is 26.0 Å². The van der Waals surface area contributed by atoms with Crippen LogP contribution in [0.5, 0.6) is 0 Å². The summed E-state index contributed by atoms with van der Waals surface area (Å²) in [6.07, 6.45) is 2.93. The molecule has 1 amide bonds. The number of nitrogens with zero attached hydrogens (tertiary/aromatic N) is 1. The van der Waals surface area contributed by atoms with Gasteiger partial charge in [0.2, 0.25) is 0 Å². The molecule has 0 aliphatic rings. The molecule has 0 spiro atoms. The number of sulfonamides is 2. The summed E-state index contributed by atoms with van der Waals surface area (Å²) in [6.45, 7) is 1.87. The molecule has 0 atom stereocenters. The van der Waals surface area contributed by atoms with Crippen LogP contribution in [0.1, 0.15) is 15.9 Å².